The molecule has 3 aromatic carbocycles. The number of anilines is 1. The lowest BCUT2D eigenvalue weighted by Gasteiger charge is -2.11. The Morgan fingerprint density at radius 1 is 0.920 bits per heavy atom. The summed E-state index contributed by atoms with van der Waals surface area (Å²) in [6.07, 6.45) is 0. The minimum absolute atomic E-state index is 0.127. The van der Waals surface area contributed by atoms with Gasteiger partial charge < -0.3 is 20.1 Å². The van der Waals surface area contributed by atoms with Crippen LogP contribution in [0.2, 0.25) is 0 Å². The third-order valence-corrected chi connectivity index (χ3v) is 4.15. The number of amides is 1. The number of hydrogen-bond acceptors (Lipinski definition) is 4. The molecule has 0 saturated carbocycles. The molecule has 1 heterocycles. The minimum atomic E-state index is -0.127. The highest BCUT2D eigenvalue weighted by Crippen LogP contribution is 2.32. The highest BCUT2D eigenvalue weighted by molar-refractivity contribution is 5.95. The summed E-state index contributed by atoms with van der Waals surface area (Å²) in [5.74, 6) is 1.16. The number of hydrogen-bond donors (Lipinski definition) is 2. The summed E-state index contributed by atoms with van der Waals surface area (Å²) in [7, 11) is 0. The molecular weight excluding hydrogens is 316 g/mol. The number of rotatable bonds is 5. The van der Waals surface area contributed by atoms with Crippen molar-refractivity contribution in [3.8, 4) is 11.5 Å². The van der Waals surface area contributed by atoms with E-state index in [-0.39, 0.29) is 12.7 Å². The summed E-state index contributed by atoms with van der Waals surface area (Å²) < 4.78 is 10.6. The number of ether oxygens (including phenoxy) is 2. The molecule has 3 aromatic rings. The first-order valence-corrected chi connectivity index (χ1v) is 8.21. The third-order valence-electron chi connectivity index (χ3n) is 4.15. The second kappa shape index (κ2) is 6.73. The topological polar surface area (TPSA) is 59.6 Å². The Hall–Kier alpha value is -3.21. The van der Waals surface area contributed by atoms with Crippen LogP contribution in [0.15, 0.2) is 60.7 Å². The van der Waals surface area contributed by atoms with Gasteiger partial charge in [0.15, 0.2) is 11.5 Å². The largest absolute Gasteiger partial charge is 0.454 e. The van der Waals surface area contributed by atoms with Crippen molar-refractivity contribution in [3.05, 3.63) is 66.2 Å². The molecular formula is C20H18N2O3. The van der Waals surface area contributed by atoms with E-state index < -0.39 is 0 Å². The molecule has 1 aliphatic heterocycles. The van der Waals surface area contributed by atoms with Gasteiger partial charge in [0, 0.05) is 29.7 Å². The van der Waals surface area contributed by atoms with Crippen molar-refractivity contribution < 1.29 is 14.3 Å². The molecule has 0 aromatic heterocycles. The number of carbonyl (C=O) groups is 1. The number of carbonyl (C=O) groups excluding carboxylic acids is 1. The van der Waals surface area contributed by atoms with Crippen molar-refractivity contribution in [1.29, 1.82) is 0 Å². The van der Waals surface area contributed by atoms with Gasteiger partial charge >= 0.3 is 0 Å². The van der Waals surface area contributed by atoms with E-state index in [1.54, 1.807) is 18.2 Å². The fraction of sp³-hybridized carbons (Fsp3) is 0.150. The predicted molar refractivity (Wildman–Crippen MR) is 97.3 cm³/mol. The Bertz CT molecular complexity index is 918. The Labute approximate surface area is 145 Å². The fourth-order valence-corrected chi connectivity index (χ4v) is 2.89. The van der Waals surface area contributed by atoms with Gasteiger partial charge in [-0.05, 0) is 29.7 Å². The molecule has 0 spiro atoms. The van der Waals surface area contributed by atoms with Gasteiger partial charge in [-0.25, -0.2) is 0 Å². The Balaban J connectivity index is 1.34. The average molecular weight is 334 g/mol. The van der Waals surface area contributed by atoms with Crippen LogP contribution >= 0.6 is 0 Å². The highest BCUT2D eigenvalue weighted by atomic mass is 16.7. The lowest BCUT2D eigenvalue weighted by molar-refractivity contribution is 0.0954. The molecule has 1 amide bonds. The molecule has 0 radical (unpaired) electrons. The van der Waals surface area contributed by atoms with E-state index >= 15 is 0 Å². The fourth-order valence-electron chi connectivity index (χ4n) is 2.89. The first-order valence-electron chi connectivity index (χ1n) is 8.21. The van der Waals surface area contributed by atoms with Gasteiger partial charge in [-0.3, -0.25) is 4.79 Å². The van der Waals surface area contributed by atoms with Crippen LogP contribution in [0.25, 0.3) is 10.8 Å². The lowest BCUT2D eigenvalue weighted by atomic mass is 10.1. The molecule has 0 aliphatic carbocycles. The van der Waals surface area contributed by atoms with E-state index in [0.29, 0.717) is 30.2 Å². The van der Waals surface area contributed by atoms with Crippen molar-refractivity contribution in [2.24, 2.45) is 0 Å². The maximum atomic E-state index is 12.2. The Kier molecular flexibility index (Phi) is 4.12. The monoisotopic (exact) mass is 334 g/mol. The van der Waals surface area contributed by atoms with E-state index in [1.807, 2.05) is 24.3 Å². The molecule has 1 aliphatic rings. The van der Waals surface area contributed by atoms with E-state index in [0.717, 1.165) is 5.69 Å². The number of benzene rings is 3. The summed E-state index contributed by atoms with van der Waals surface area (Å²) in [4.78, 5) is 12.2. The van der Waals surface area contributed by atoms with E-state index in [2.05, 4.69) is 28.8 Å². The second-order valence-electron chi connectivity index (χ2n) is 5.78. The summed E-state index contributed by atoms with van der Waals surface area (Å²) in [5, 5.41) is 8.65. The SMILES string of the molecule is O=C(NCCNc1cccc2ccccc12)c1ccc2c(c1)OCO2. The van der Waals surface area contributed by atoms with Crippen molar-refractivity contribution in [2.45, 2.75) is 0 Å². The van der Waals surface area contributed by atoms with Crippen LogP contribution < -0.4 is 20.1 Å². The summed E-state index contributed by atoms with van der Waals surface area (Å²) >= 11 is 0. The zero-order chi connectivity index (χ0) is 17.1. The Morgan fingerprint density at radius 2 is 1.76 bits per heavy atom. The van der Waals surface area contributed by atoms with Crippen molar-refractivity contribution in [2.75, 3.05) is 25.2 Å². The van der Waals surface area contributed by atoms with Gasteiger partial charge in [0.05, 0.1) is 0 Å². The van der Waals surface area contributed by atoms with Crippen LogP contribution in [-0.4, -0.2) is 25.8 Å². The minimum Gasteiger partial charge on any atom is -0.454 e. The molecule has 126 valence electrons. The molecule has 2 N–H and O–H groups in total. The van der Waals surface area contributed by atoms with Gasteiger partial charge in [-0.2, -0.15) is 0 Å². The average Bonchev–Trinajstić information content (AvgIpc) is 3.13. The number of fused-ring (bicyclic) bond motifs is 2. The van der Waals surface area contributed by atoms with E-state index in [4.69, 9.17) is 9.47 Å². The molecule has 0 atom stereocenters. The van der Waals surface area contributed by atoms with Crippen LogP contribution in [0.1, 0.15) is 10.4 Å². The smallest absolute Gasteiger partial charge is 0.251 e. The zero-order valence-corrected chi connectivity index (χ0v) is 13.6. The van der Waals surface area contributed by atoms with Gasteiger partial charge in [0.25, 0.3) is 5.91 Å². The van der Waals surface area contributed by atoms with Crippen LogP contribution in [-0.2, 0) is 0 Å². The van der Waals surface area contributed by atoms with Crippen LogP contribution in [0.4, 0.5) is 5.69 Å². The lowest BCUT2D eigenvalue weighted by Crippen LogP contribution is -2.28. The van der Waals surface area contributed by atoms with E-state index in [1.165, 1.54) is 10.8 Å². The molecule has 0 bridgehead atoms. The molecule has 5 heteroatoms. The normalized spacial score (nSPS) is 12.2. The molecule has 25 heavy (non-hydrogen) atoms. The number of nitrogens with one attached hydrogen (secondary N) is 2. The van der Waals surface area contributed by atoms with Crippen molar-refractivity contribution in [3.63, 3.8) is 0 Å². The zero-order valence-electron chi connectivity index (χ0n) is 13.6. The van der Waals surface area contributed by atoms with Gasteiger partial charge in [-0.15, -0.1) is 0 Å². The molecule has 0 unspecified atom stereocenters. The van der Waals surface area contributed by atoms with Crippen molar-refractivity contribution in [1.82, 2.24) is 5.32 Å². The second-order valence-corrected chi connectivity index (χ2v) is 5.78. The Morgan fingerprint density at radius 3 is 2.72 bits per heavy atom. The summed E-state index contributed by atoms with van der Waals surface area (Å²) in [6, 6.07) is 19.6. The molecule has 0 saturated heterocycles. The van der Waals surface area contributed by atoms with Gasteiger partial charge in [0.1, 0.15) is 0 Å². The van der Waals surface area contributed by atoms with Crippen LogP contribution in [0.5, 0.6) is 11.5 Å². The molecule has 4 rings (SSSR count). The van der Waals surface area contributed by atoms with Crippen LogP contribution in [0, 0.1) is 0 Å². The summed E-state index contributed by atoms with van der Waals surface area (Å²) in [5.41, 5.74) is 1.63. The van der Waals surface area contributed by atoms with Gasteiger partial charge in [0.2, 0.25) is 6.79 Å². The molecule has 0 fully saturated rings. The first kappa shape index (κ1) is 15.3. The predicted octanol–water partition coefficient (Wildman–Crippen LogP) is 3.41. The van der Waals surface area contributed by atoms with Crippen LogP contribution in [0.3, 0.4) is 0 Å². The summed E-state index contributed by atoms with van der Waals surface area (Å²) in [6.45, 7) is 1.37. The third kappa shape index (κ3) is 3.21. The maximum Gasteiger partial charge on any atom is 0.251 e. The molecule has 5 nitrogen and oxygen atoms in total. The van der Waals surface area contributed by atoms with E-state index in [9.17, 15) is 4.79 Å². The standard InChI is InChI=1S/C20H18N2O3/c23-20(15-8-9-18-19(12-15)25-13-24-18)22-11-10-21-17-7-3-5-14-4-1-2-6-16(14)17/h1-9,12,21H,10-11,13H2,(H,22,23). The quantitative estimate of drug-likeness (QED) is 0.702. The first-order chi connectivity index (χ1) is 12.3. The highest BCUT2D eigenvalue weighted by Gasteiger charge is 2.15. The maximum absolute atomic E-state index is 12.2. The van der Waals surface area contributed by atoms with Gasteiger partial charge in [-0.1, -0.05) is 36.4 Å². The van der Waals surface area contributed by atoms with Crippen molar-refractivity contribution >= 4 is 22.4 Å².